The topological polar surface area (TPSA) is 50.7 Å². The molecule has 0 saturated heterocycles. The van der Waals surface area contributed by atoms with E-state index in [-0.39, 0.29) is 5.56 Å². The molecular formula is C22H18F3N3S. The normalized spacial score (nSPS) is 12.4. The summed E-state index contributed by atoms with van der Waals surface area (Å²) in [6, 6.07) is 22.0. The minimum Gasteiger partial charge on any atom is -0.377 e. The number of hydrogen-bond donors (Lipinski definition) is 1. The van der Waals surface area contributed by atoms with Crippen LogP contribution < -0.4 is 5.73 Å². The zero-order valence-electron chi connectivity index (χ0n) is 15.3. The highest BCUT2D eigenvalue weighted by molar-refractivity contribution is 8.13. The quantitative estimate of drug-likeness (QED) is 0.319. The summed E-state index contributed by atoms with van der Waals surface area (Å²) >= 11 is 1.38. The molecule has 0 unspecified atom stereocenters. The Morgan fingerprint density at radius 2 is 1.55 bits per heavy atom. The lowest BCUT2D eigenvalue weighted by molar-refractivity contribution is -0.137. The monoisotopic (exact) mass is 413 g/mol. The molecule has 0 radical (unpaired) electrons. The summed E-state index contributed by atoms with van der Waals surface area (Å²) in [5.41, 5.74) is 7.65. The first-order valence-corrected chi connectivity index (χ1v) is 9.72. The number of thioether (sulfide) groups is 1. The van der Waals surface area contributed by atoms with Gasteiger partial charge in [0.05, 0.1) is 11.8 Å². The maximum atomic E-state index is 13.2. The van der Waals surface area contributed by atoms with Crippen molar-refractivity contribution in [3.8, 4) is 11.1 Å². The fraction of sp³-hybridized carbons (Fsp3) is 0.0909. The Labute approximate surface area is 171 Å². The van der Waals surface area contributed by atoms with E-state index in [1.807, 2.05) is 30.3 Å². The molecular weight excluding hydrogens is 395 g/mol. The summed E-state index contributed by atoms with van der Waals surface area (Å²) in [6.07, 6.45) is -2.89. The van der Waals surface area contributed by atoms with Crippen molar-refractivity contribution >= 4 is 23.1 Å². The van der Waals surface area contributed by atoms with Crippen LogP contribution in [0.2, 0.25) is 0 Å². The van der Waals surface area contributed by atoms with E-state index in [1.165, 1.54) is 30.1 Å². The van der Waals surface area contributed by atoms with Gasteiger partial charge in [0.2, 0.25) is 0 Å². The highest BCUT2D eigenvalue weighted by atomic mass is 32.2. The van der Waals surface area contributed by atoms with Crippen LogP contribution in [0.5, 0.6) is 0 Å². The molecule has 0 aliphatic carbocycles. The van der Waals surface area contributed by atoms with Gasteiger partial charge in [-0.3, -0.25) is 0 Å². The molecule has 0 aliphatic heterocycles. The molecule has 0 heterocycles. The maximum absolute atomic E-state index is 13.2. The number of benzene rings is 3. The molecule has 148 valence electrons. The number of hydrogen-bond acceptors (Lipinski definition) is 3. The van der Waals surface area contributed by atoms with E-state index in [9.17, 15) is 13.2 Å². The summed E-state index contributed by atoms with van der Waals surface area (Å²) in [7, 11) is 0. The molecule has 3 rings (SSSR count). The molecule has 0 saturated carbocycles. The Bertz CT molecular complexity index is 998. The van der Waals surface area contributed by atoms with E-state index in [4.69, 9.17) is 5.73 Å². The van der Waals surface area contributed by atoms with Gasteiger partial charge in [-0.15, -0.1) is 5.10 Å². The molecule has 7 heteroatoms. The van der Waals surface area contributed by atoms with Gasteiger partial charge in [-0.25, -0.2) is 0 Å². The Morgan fingerprint density at radius 1 is 0.897 bits per heavy atom. The van der Waals surface area contributed by atoms with Crippen molar-refractivity contribution in [2.45, 2.75) is 11.9 Å². The average molecular weight is 413 g/mol. The van der Waals surface area contributed by atoms with Crippen LogP contribution in [-0.4, -0.2) is 11.4 Å². The van der Waals surface area contributed by atoms with Gasteiger partial charge < -0.3 is 5.73 Å². The number of nitrogens with zero attached hydrogens (tertiary/aromatic N) is 2. The van der Waals surface area contributed by atoms with Crippen molar-refractivity contribution in [3.05, 3.63) is 95.6 Å². The lowest BCUT2D eigenvalue weighted by atomic mass is 9.98. The van der Waals surface area contributed by atoms with Crippen molar-refractivity contribution in [2.75, 3.05) is 0 Å². The maximum Gasteiger partial charge on any atom is 0.417 e. The van der Waals surface area contributed by atoms with Gasteiger partial charge in [-0.1, -0.05) is 84.6 Å². The first-order chi connectivity index (χ1) is 13.9. The van der Waals surface area contributed by atoms with E-state index in [1.54, 1.807) is 30.3 Å². The molecule has 0 amide bonds. The number of nitrogens with two attached hydrogens (primary N) is 1. The van der Waals surface area contributed by atoms with E-state index < -0.39 is 11.7 Å². The molecule has 2 N–H and O–H groups in total. The Morgan fingerprint density at radius 3 is 2.24 bits per heavy atom. The zero-order chi connectivity index (χ0) is 20.7. The molecule has 3 aromatic carbocycles. The van der Waals surface area contributed by atoms with Crippen LogP contribution >= 0.6 is 11.8 Å². The number of amidine groups is 1. The summed E-state index contributed by atoms with van der Waals surface area (Å²) in [5.74, 6) is 0.693. The van der Waals surface area contributed by atoms with Crippen LogP contribution in [0, 0.1) is 0 Å². The predicted molar refractivity (Wildman–Crippen MR) is 114 cm³/mol. The smallest absolute Gasteiger partial charge is 0.377 e. The van der Waals surface area contributed by atoms with Gasteiger partial charge >= 0.3 is 6.18 Å². The third-order valence-corrected chi connectivity index (χ3v) is 4.90. The van der Waals surface area contributed by atoms with Gasteiger partial charge in [-0.05, 0) is 28.3 Å². The SMILES string of the molecule is NC(=NN=Cc1ccc(-c2ccccc2C(F)(F)F)cc1)SCc1ccccc1. The van der Waals surface area contributed by atoms with Crippen LogP contribution in [0.15, 0.2) is 89.1 Å². The molecule has 0 spiro atoms. The summed E-state index contributed by atoms with van der Waals surface area (Å²) < 4.78 is 39.5. The van der Waals surface area contributed by atoms with E-state index in [0.717, 1.165) is 11.6 Å². The molecule has 0 aliphatic rings. The molecule has 0 bridgehead atoms. The fourth-order valence-corrected chi connectivity index (χ4v) is 3.26. The molecule has 0 fully saturated rings. The number of rotatable bonds is 5. The van der Waals surface area contributed by atoms with Gasteiger partial charge in [0.1, 0.15) is 0 Å². The molecule has 0 aromatic heterocycles. The van der Waals surface area contributed by atoms with Gasteiger partial charge in [0.25, 0.3) is 0 Å². The van der Waals surface area contributed by atoms with Crippen LogP contribution in [0.25, 0.3) is 11.1 Å². The first kappa shape index (κ1) is 20.7. The number of halogens is 3. The Balaban J connectivity index is 1.65. The minimum absolute atomic E-state index is 0.142. The van der Waals surface area contributed by atoms with E-state index in [2.05, 4.69) is 10.2 Å². The largest absolute Gasteiger partial charge is 0.417 e. The lowest BCUT2D eigenvalue weighted by Crippen LogP contribution is -2.06. The Hall–Kier alpha value is -3.06. The van der Waals surface area contributed by atoms with Crippen LogP contribution in [0.4, 0.5) is 13.2 Å². The fourth-order valence-electron chi connectivity index (χ4n) is 2.64. The molecule has 3 aromatic rings. The Kier molecular flexibility index (Phi) is 6.72. The standard InChI is InChI=1S/C22H18F3N3S/c23-22(24,25)20-9-5-4-8-19(20)18-12-10-16(11-13-18)14-27-28-21(26)29-15-17-6-2-1-3-7-17/h1-14H,15H2,(H2,26,28). The van der Waals surface area contributed by atoms with Gasteiger partial charge in [-0.2, -0.15) is 18.3 Å². The number of alkyl halides is 3. The van der Waals surface area contributed by atoms with Crippen molar-refractivity contribution in [3.63, 3.8) is 0 Å². The van der Waals surface area contributed by atoms with E-state index in [0.29, 0.717) is 22.0 Å². The second-order valence-corrected chi connectivity index (χ2v) is 7.12. The van der Waals surface area contributed by atoms with Crippen LogP contribution in [0.3, 0.4) is 0 Å². The first-order valence-electron chi connectivity index (χ1n) is 8.73. The van der Waals surface area contributed by atoms with Crippen molar-refractivity contribution in [2.24, 2.45) is 15.9 Å². The van der Waals surface area contributed by atoms with Crippen LogP contribution in [-0.2, 0) is 11.9 Å². The van der Waals surface area contributed by atoms with Gasteiger partial charge in [0, 0.05) is 5.75 Å². The second-order valence-electron chi connectivity index (χ2n) is 6.12. The second kappa shape index (κ2) is 9.43. The van der Waals surface area contributed by atoms with Crippen LogP contribution in [0.1, 0.15) is 16.7 Å². The van der Waals surface area contributed by atoms with Crippen molar-refractivity contribution in [1.29, 1.82) is 0 Å². The van der Waals surface area contributed by atoms with Gasteiger partial charge in [0.15, 0.2) is 5.17 Å². The van der Waals surface area contributed by atoms with E-state index >= 15 is 0 Å². The third-order valence-electron chi connectivity index (χ3n) is 4.05. The highest BCUT2D eigenvalue weighted by Crippen LogP contribution is 2.36. The van der Waals surface area contributed by atoms with Crippen molar-refractivity contribution < 1.29 is 13.2 Å². The lowest BCUT2D eigenvalue weighted by Gasteiger charge is -2.12. The predicted octanol–water partition coefficient (Wildman–Crippen LogP) is 5.95. The highest BCUT2D eigenvalue weighted by Gasteiger charge is 2.33. The molecule has 3 nitrogen and oxygen atoms in total. The molecule has 29 heavy (non-hydrogen) atoms. The third kappa shape index (κ3) is 5.96. The summed E-state index contributed by atoms with van der Waals surface area (Å²) in [4.78, 5) is 0. The summed E-state index contributed by atoms with van der Waals surface area (Å²) in [5, 5.41) is 8.22. The van der Waals surface area contributed by atoms with Crippen molar-refractivity contribution in [1.82, 2.24) is 0 Å². The summed E-state index contributed by atoms with van der Waals surface area (Å²) in [6.45, 7) is 0. The zero-order valence-corrected chi connectivity index (χ0v) is 16.1. The average Bonchev–Trinajstić information content (AvgIpc) is 2.73. The minimum atomic E-state index is -4.40. The molecule has 0 atom stereocenters.